The van der Waals surface area contributed by atoms with Gasteiger partial charge in [-0.1, -0.05) is 0 Å². The van der Waals surface area contributed by atoms with Crippen LogP contribution in [0.25, 0.3) is 22.3 Å². The van der Waals surface area contributed by atoms with E-state index in [2.05, 4.69) is 25.6 Å². The lowest BCUT2D eigenvalue weighted by Crippen LogP contribution is -2.41. The second-order valence-corrected chi connectivity index (χ2v) is 8.87. The van der Waals surface area contributed by atoms with E-state index in [9.17, 15) is 29.6 Å². The third-order valence-corrected chi connectivity index (χ3v) is 6.04. The summed E-state index contributed by atoms with van der Waals surface area (Å²) >= 11 is 0. The van der Waals surface area contributed by atoms with Crippen LogP contribution < -0.4 is 22.1 Å². The smallest absolute Gasteiger partial charge is 0.326 e. The molecule has 1 amide bonds. The monoisotopic (exact) mass is 560 g/mol. The minimum absolute atomic E-state index is 0.0521. The van der Waals surface area contributed by atoms with Gasteiger partial charge in [0, 0.05) is 41.9 Å². The highest BCUT2D eigenvalue weighted by Gasteiger charge is 2.22. The number of carboxylic acid groups (broad SMARTS) is 2. The molecule has 0 unspecified atom stereocenters. The number of non-ortho nitro benzene ring substituents is 1. The Morgan fingerprint density at radius 3 is 2.27 bits per heavy atom. The van der Waals surface area contributed by atoms with Crippen molar-refractivity contribution in [2.75, 3.05) is 16.8 Å². The van der Waals surface area contributed by atoms with Crippen molar-refractivity contribution in [1.82, 2.24) is 20.3 Å². The van der Waals surface area contributed by atoms with Crippen LogP contribution in [0.1, 0.15) is 28.8 Å². The van der Waals surface area contributed by atoms with Crippen molar-refractivity contribution in [3.8, 4) is 11.3 Å². The summed E-state index contributed by atoms with van der Waals surface area (Å²) in [5.74, 6) is -3.08. The van der Waals surface area contributed by atoms with E-state index in [1.54, 1.807) is 30.3 Å². The highest BCUT2D eigenvalue weighted by molar-refractivity contribution is 5.97. The number of amides is 1. The van der Waals surface area contributed by atoms with Gasteiger partial charge in [0.2, 0.25) is 5.95 Å². The first-order valence-electron chi connectivity index (χ1n) is 12.1. The van der Waals surface area contributed by atoms with Gasteiger partial charge in [-0.15, -0.1) is 0 Å². The number of nitrogens with two attached hydrogens (primary N) is 2. The van der Waals surface area contributed by atoms with Crippen LogP contribution in [0.15, 0.2) is 54.6 Å². The Balaban J connectivity index is 1.56. The minimum Gasteiger partial charge on any atom is -0.481 e. The Labute approximate surface area is 231 Å². The number of carbonyl (C=O) groups is 3. The summed E-state index contributed by atoms with van der Waals surface area (Å²) in [6, 6.07) is 12.4. The van der Waals surface area contributed by atoms with E-state index in [-0.39, 0.29) is 41.6 Å². The molecule has 4 rings (SSSR count). The van der Waals surface area contributed by atoms with Gasteiger partial charge < -0.3 is 32.3 Å². The molecule has 0 radical (unpaired) electrons. The van der Waals surface area contributed by atoms with E-state index in [0.717, 1.165) is 0 Å². The van der Waals surface area contributed by atoms with Gasteiger partial charge in [-0.25, -0.2) is 9.78 Å². The van der Waals surface area contributed by atoms with Gasteiger partial charge in [-0.2, -0.15) is 9.97 Å². The van der Waals surface area contributed by atoms with Crippen LogP contribution in [0.2, 0.25) is 0 Å². The molecule has 0 fully saturated rings. The molecule has 4 aromatic rings. The van der Waals surface area contributed by atoms with Crippen LogP contribution in [-0.4, -0.2) is 54.0 Å². The first kappa shape index (κ1) is 28.2. The number of nitrogens with zero attached hydrogens (tertiary/aromatic N) is 4. The Kier molecular flexibility index (Phi) is 8.17. The van der Waals surface area contributed by atoms with Crippen molar-refractivity contribution in [3.05, 3.63) is 75.8 Å². The molecular formula is C26H24N8O7. The van der Waals surface area contributed by atoms with Crippen molar-refractivity contribution in [1.29, 1.82) is 0 Å². The number of rotatable bonds is 11. The van der Waals surface area contributed by atoms with E-state index >= 15 is 0 Å². The SMILES string of the molecule is Nc1nc(N)c2cc(CNc3ccc(C(=O)N[C@@H](CCC(=O)O)C(=O)O)cc3)c(-c3ccc([N+](=O)[O-])cc3)nc2n1. The van der Waals surface area contributed by atoms with Crippen molar-refractivity contribution in [2.45, 2.75) is 25.4 Å². The maximum Gasteiger partial charge on any atom is 0.326 e. The molecule has 8 N–H and O–H groups in total. The lowest BCUT2D eigenvalue weighted by Gasteiger charge is -2.15. The fourth-order valence-electron chi connectivity index (χ4n) is 3.97. The van der Waals surface area contributed by atoms with Crippen LogP contribution in [0.3, 0.4) is 0 Å². The van der Waals surface area contributed by atoms with Gasteiger partial charge in [0.15, 0.2) is 5.65 Å². The second kappa shape index (κ2) is 11.9. The third-order valence-electron chi connectivity index (χ3n) is 6.04. The molecule has 1 atom stereocenters. The number of hydrogen-bond donors (Lipinski definition) is 6. The molecular weight excluding hydrogens is 536 g/mol. The highest BCUT2D eigenvalue weighted by Crippen LogP contribution is 2.29. The maximum absolute atomic E-state index is 12.5. The van der Waals surface area contributed by atoms with Crippen LogP contribution in [0, 0.1) is 10.1 Å². The molecule has 0 aliphatic heterocycles. The van der Waals surface area contributed by atoms with Gasteiger partial charge in [0.05, 0.1) is 16.0 Å². The quantitative estimate of drug-likeness (QED) is 0.114. The van der Waals surface area contributed by atoms with Crippen LogP contribution in [0.5, 0.6) is 0 Å². The van der Waals surface area contributed by atoms with Crippen molar-refractivity contribution in [2.24, 2.45) is 0 Å². The maximum atomic E-state index is 12.5. The average molecular weight is 561 g/mol. The van der Waals surface area contributed by atoms with E-state index < -0.39 is 35.2 Å². The predicted octanol–water partition coefficient (Wildman–Crippen LogP) is 2.42. The number of carbonyl (C=O) groups excluding carboxylic acids is 1. The summed E-state index contributed by atoms with van der Waals surface area (Å²) < 4.78 is 0. The molecule has 0 saturated heterocycles. The Hall–Kier alpha value is -5.86. The number of nitro benzene ring substituents is 1. The van der Waals surface area contributed by atoms with E-state index in [1.165, 1.54) is 24.3 Å². The molecule has 210 valence electrons. The zero-order valence-electron chi connectivity index (χ0n) is 21.3. The predicted molar refractivity (Wildman–Crippen MR) is 148 cm³/mol. The van der Waals surface area contributed by atoms with Crippen molar-refractivity contribution >= 4 is 52.0 Å². The Morgan fingerprint density at radius 1 is 0.976 bits per heavy atom. The minimum atomic E-state index is -1.35. The van der Waals surface area contributed by atoms with Gasteiger partial charge in [0.25, 0.3) is 11.6 Å². The molecule has 0 aliphatic rings. The fraction of sp³-hybridized carbons (Fsp3) is 0.154. The molecule has 0 saturated carbocycles. The molecule has 0 aliphatic carbocycles. The topological polar surface area (TPSA) is 250 Å². The number of aliphatic carboxylic acids is 2. The van der Waals surface area contributed by atoms with E-state index in [1.807, 2.05) is 0 Å². The highest BCUT2D eigenvalue weighted by atomic mass is 16.6. The summed E-state index contributed by atoms with van der Waals surface area (Å²) in [4.78, 5) is 58.0. The van der Waals surface area contributed by atoms with Gasteiger partial charge in [-0.3, -0.25) is 19.7 Å². The molecule has 15 heteroatoms. The van der Waals surface area contributed by atoms with Crippen molar-refractivity contribution < 1.29 is 29.5 Å². The number of hydrogen-bond acceptors (Lipinski definition) is 11. The van der Waals surface area contributed by atoms with E-state index in [4.69, 9.17) is 16.6 Å². The number of anilines is 3. The number of nitro groups is 1. The van der Waals surface area contributed by atoms with E-state index in [0.29, 0.717) is 27.9 Å². The number of nitrogen functional groups attached to an aromatic ring is 2. The lowest BCUT2D eigenvalue weighted by molar-refractivity contribution is -0.384. The largest absolute Gasteiger partial charge is 0.481 e. The first-order chi connectivity index (χ1) is 19.5. The van der Waals surface area contributed by atoms with Gasteiger partial charge >= 0.3 is 11.9 Å². The summed E-state index contributed by atoms with van der Waals surface area (Å²) in [7, 11) is 0. The summed E-state index contributed by atoms with van der Waals surface area (Å²) in [5.41, 5.74) is 14.5. The zero-order chi connectivity index (χ0) is 29.7. The van der Waals surface area contributed by atoms with Gasteiger partial charge in [0.1, 0.15) is 11.9 Å². The summed E-state index contributed by atoms with van der Waals surface area (Å²) in [5, 5.41) is 35.1. The number of benzene rings is 2. The van der Waals surface area contributed by atoms with Crippen LogP contribution in [-0.2, 0) is 16.1 Å². The Morgan fingerprint density at radius 2 is 1.66 bits per heavy atom. The third kappa shape index (κ3) is 6.78. The molecule has 0 bridgehead atoms. The number of carboxylic acids is 2. The second-order valence-electron chi connectivity index (χ2n) is 8.87. The normalized spacial score (nSPS) is 11.5. The molecule has 41 heavy (non-hydrogen) atoms. The average Bonchev–Trinajstić information content (AvgIpc) is 2.93. The van der Waals surface area contributed by atoms with Crippen LogP contribution >= 0.6 is 0 Å². The zero-order valence-corrected chi connectivity index (χ0v) is 21.3. The fourth-order valence-corrected chi connectivity index (χ4v) is 3.97. The summed E-state index contributed by atoms with van der Waals surface area (Å²) in [6.45, 7) is 0.223. The number of nitrogens with one attached hydrogen (secondary N) is 2. The molecule has 2 heterocycles. The molecule has 0 spiro atoms. The van der Waals surface area contributed by atoms with Gasteiger partial charge in [-0.05, 0) is 54.4 Å². The Bertz CT molecular complexity index is 1640. The molecule has 2 aromatic heterocycles. The standard InChI is InChI=1S/C26H24N8O7/c27-22-18-11-15(21(31-23(18)33-26(28)32-22)13-3-7-17(8-4-13)34(40)41)12-29-16-5-1-14(2-6-16)24(37)30-19(25(38)39)9-10-20(35)36/h1-8,11,19,29H,9-10,12H2,(H,30,37)(H,35,36)(H,38,39)(H4,27,28,31,32,33)/t19-/m0/s1. The summed E-state index contributed by atoms with van der Waals surface area (Å²) in [6.07, 6.45) is -0.661. The first-order valence-corrected chi connectivity index (χ1v) is 12.1. The lowest BCUT2D eigenvalue weighted by atomic mass is 10.0. The molecule has 2 aromatic carbocycles. The number of fused-ring (bicyclic) bond motifs is 1. The number of aromatic nitrogens is 3. The molecule has 15 nitrogen and oxygen atoms in total. The van der Waals surface area contributed by atoms with Crippen molar-refractivity contribution in [3.63, 3.8) is 0 Å². The van der Waals surface area contributed by atoms with Crippen LogP contribution in [0.4, 0.5) is 23.1 Å². The number of pyridine rings is 1.